The predicted molar refractivity (Wildman–Crippen MR) is 128 cm³/mol. The number of aliphatic hydroxyl groups excluding tert-OH is 1. The van der Waals surface area contributed by atoms with E-state index in [0.717, 1.165) is 41.4 Å². The van der Waals surface area contributed by atoms with Crippen molar-refractivity contribution in [1.82, 2.24) is 0 Å². The van der Waals surface area contributed by atoms with Crippen molar-refractivity contribution in [2.45, 2.75) is 76.1 Å². The summed E-state index contributed by atoms with van der Waals surface area (Å²) >= 11 is 3.26. The van der Waals surface area contributed by atoms with E-state index in [1.807, 2.05) is 22.2 Å². The minimum absolute atomic E-state index is 0. The number of ether oxygens (including phenoxy) is 1. The van der Waals surface area contributed by atoms with Gasteiger partial charge in [0.1, 0.15) is 6.10 Å². The maximum atomic E-state index is 13.2. The molecule has 2 unspecified atom stereocenters. The normalized spacial score (nSPS) is 26.5. The number of carbonyl (C=O) groups is 1. The monoisotopic (exact) mass is 542 g/mol. The van der Waals surface area contributed by atoms with Gasteiger partial charge in [-0.3, -0.25) is 4.90 Å². The third kappa shape index (κ3) is 5.95. The van der Waals surface area contributed by atoms with Gasteiger partial charge >= 0.3 is 6.09 Å². The summed E-state index contributed by atoms with van der Waals surface area (Å²) < 4.78 is 7.26. The number of aliphatic hydroxyl groups is 1. The van der Waals surface area contributed by atoms with Crippen LogP contribution in [0.25, 0.3) is 0 Å². The number of carbonyl (C=O) groups excluding carboxylic acids is 1. The number of nitrogens with zero attached hydrogens (tertiary/aromatic N) is 2. The standard InChI is InChI=1S/C24H35N2O3S2.BrH/c1-26(10-4-2-3-5-11-27)21-6-7-22(26)15-23(14-21)29-24(28)25(20-9-13-31-18-20)16-19-8-12-30-17-19;/h8-9,12-13,17-18,21-23,27H,2-7,10-11,14-16H2,1H3;1H/q+1;/p-1. The highest BCUT2D eigenvalue weighted by Crippen LogP contribution is 2.42. The Morgan fingerprint density at radius 2 is 1.78 bits per heavy atom. The Morgan fingerprint density at radius 1 is 1.09 bits per heavy atom. The first kappa shape index (κ1) is 25.7. The summed E-state index contributed by atoms with van der Waals surface area (Å²) in [6, 6.07) is 5.26. The molecule has 2 aromatic heterocycles. The fourth-order valence-electron chi connectivity index (χ4n) is 5.52. The zero-order chi connectivity index (χ0) is 21.7. The molecule has 2 bridgehead atoms. The molecule has 4 heterocycles. The van der Waals surface area contributed by atoms with Crippen LogP contribution in [0.1, 0.15) is 56.9 Å². The second kappa shape index (κ2) is 12.0. The van der Waals surface area contributed by atoms with Crippen molar-refractivity contribution in [3.05, 3.63) is 39.2 Å². The number of fused-ring (bicyclic) bond motifs is 2. The van der Waals surface area contributed by atoms with Crippen molar-refractivity contribution in [3.8, 4) is 0 Å². The molecule has 8 heteroatoms. The van der Waals surface area contributed by atoms with E-state index in [1.165, 1.54) is 32.2 Å². The lowest BCUT2D eigenvalue weighted by atomic mass is 9.96. The van der Waals surface area contributed by atoms with Crippen LogP contribution in [0.5, 0.6) is 0 Å². The number of thiophene rings is 2. The molecule has 2 aliphatic rings. The zero-order valence-electron chi connectivity index (χ0n) is 18.8. The number of piperidine rings is 1. The zero-order valence-corrected chi connectivity index (χ0v) is 22.0. The molecule has 32 heavy (non-hydrogen) atoms. The van der Waals surface area contributed by atoms with E-state index < -0.39 is 0 Å². The van der Waals surface area contributed by atoms with Gasteiger partial charge in [-0.1, -0.05) is 6.42 Å². The molecule has 5 nitrogen and oxygen atoms in total. The number of hydrogen-bond acceptors (Lipinski definition) is 5. The molecular formula is C24H35BrN2O3S2. The Balaban J connectivity index is 0.00000289. The third-order valence-electron chi connectivity index (χ3n) is 7.35. The highest BCUT2D eigenvalue weighted by Gasteiger charge is 2.52. The van der Waals surface area contributed by atoms with Gasteiger partial charge in [0.05, 0.1) is 37.9 Å². The lowest BCUT2D eigenvalue weighted by Gasteiger charge is -2.47. The molecule has 2 aromatic rings. The van der Waals surface area contributed by atoms with E-state index in [-0.39, 0.29) is 29.2 Å². The van der Waals surface area contributed by atoms with Gasteiger partial charge in [0.15, 0.2) is 0 Å². The molecule has 178 valence electrons. The quantitative estimate of drug-likeness (QED) is 0.371. The predicted octanol–water partition coefficient (Wildman–Crippen LogP) is 2.65. The molecule has 0 aliphatic carbocycles. The molecular weight excluding hydrogens is 508 g/mol. The van der Waals surface area contributed by atoms with Crippen LogP contribution in [-0.4, -0.2) is 54.1 Å². The number of halogens is 1. The average Bonchev–Trinajstić information content (AvgIpc) is 3.48. The van der Waals surface area contributed by atoms with Gasteiger partial charge in [0, 0.05) is 37.7 Å². The third-order valence-corrected chi connectivity index (χ3v) is 8.75. The Kier molecular flexibility index (Phi) is 9.61. The van der Waals surface area contributed by atoms with Crippen LogP contribution in [0, 0.1) is 0 Å². The lowest BCUT2D eigenvalue weighted by Crippen LogP contribution is -3.00. The fraction of sp³-hybridized carbons (Fsp3) is 0.625. The van der Waals surface area contributed by atoms with Gasteiger partial charge < -0.3 is 31.3 Å². The van der Waals surface area contributed by atoms with E-state index in [0.29, 0.717) is 25.2 Å². The smallest absolute Gasteiger partial charge is 0.414 e. The maximum absolute atomic E-state index is 13.2. The van der Waals surface area contributed by atoms with Gasteiger partial charge in [-0.2, -0.15) is 22.7 Å². The first-order valence-corrected chi connectivity index (χ1v) is 13.5. The molecule has 0 saturated carbocycles. The van der Waals surface area contributed by atoms with E-state index in [1.54, 1.807) is 27.6 Å². The minimum Gasteiger partial charge on any atom is -1.00 e. The van der Waals surface area contributed by atoms with E-state index >= 15 is 0 Å². The number of quaternary nitrogens is 1. The minimum atomic E-state index is -0.214. The molecule has 0 spiro atoms. The summed E-state index contributed by atoms with van der Waals surface area (Å²) in [5, 5.41) is 17.2. The van der Waals surface area contributed by atoms with Crippen molar-refractivity contribution >= 4 is 34.5 Å². The molecule has 2 saturated heterocycles. The number of rotatable bonds is 10. The van der Waals surface area contributed by atoms with Crippen LogP contribution in [0.3, 0.4) is 0 Å². The van der Waals surface area contributed by atoms with Crippen LogP contribution < -0.4 is 21.9 Å². The van der Waals surface area contributed by atoms with Crippen molar-refractivity contribution in [1.29, 1.82) is 0 Å². The fourth-order valence-corrected chi connectivity index (χ4v) is 6.82. The SMILES string of the molecule is C[N+]1(CCCCCCO)C2CCC1CC(OC(=O)N(Cc1ccsc1)c1ccsc1)C2.[Br-]. The highest BCUT2D eigenvalue weighted by molar-refractivity contribution is 7.08. The number of amides is 1. The van der Waals surface area contributed by atoms with Gasteiger partial charge in [0.25, 0.3) is 0 Å². The van der Waals surface area contributed by atoms with Crippen LogP contribution in [0.2, 0.25) is 0 Å². The summed E-state index contributed by atoms with van der Waals surface area (Å²) in [7, 11) is 2.42. The van der Waals surface area contributed by atoms with Gasteiger partial charge in [0.2, 0.25) is 0 Å². The topological polar surface area (TPSA) is 49.8 Å². The van der Waals surface area contributed by atoms with E-state index in [9.17, 15) is 4.79 Å². The van der Waals surface area contributed by atoms with Gasteiger partial charge in [-0.25, -0.2) is 4.79 Å². The summed E-state index contributed by atoms with van der Waals surface area (Å²) in [5.41, 5.74) is 2.06. The molecule has 4 rings (SSSR count). The summed E-state index contributed by atoms with van der Waals surface area (Å²) in [5.74, 6) is 0. The Bertz CT molecular complexity index is 801. The summed E-state index contributed by atoms with van der Waals surface area (Å²) in [6.07, 6.45) is 8.71. The van der Waals surface area contributed by atoms with Crippen molar-refractivity contribution in [2.75, 3.05) is 25.1 Å². The van der Waals surface area contributed by atoms with Crippen molar-refractivity contribution < 1.29 is 36.1 Å². The molecule has 2 aliphatic heterocycles. The van der Waals surface area contributed by atoms with Crippen LogP contribution >= 0.6 is 22.7 Å². The Hall–Kier alpha value is -0.930. The average molecular weight is 544 g/mol. The Labute approximate surface area is 210 Å². The molecule has 0 radical (unpaired) electrons. The largest absolute Gasteiger partial charge is 1.00 e. The number of unbranched alkanes of at least 4 members (excludes halogenated alkanes) is 3. The van der Waals surface area contributed by atoms with Crippen LogP contribution in [0.4, 0.5) is 10.5 Å². The molecule has 0 aromatic carbocycles. The van der Waals surface area contributed by atoms with Crippen LogP contribution in [-0.2, 0) is 11.3 Å². The summed E-state index contributed by atoms with van der Waals surface area (Å²) in [4.78, 5) is 15.0. The van der Waals surface area contributed by atoms with Crippen LogP contribution in [0.15, 0.2) is 33.7 Å². The van der Waals surface area contributed by atoms with E-state index in [4.69, 9.17) is 9.84 Å². The van der Waals surface area contributed by atoms with E-state index in [2.05, 4.69) is 18.5 Å². The second-order valence-electron chi connectivity index (χ2n) is 9.27. The number of anilines is 1. The second-order valence-corrected chi connectivity index (χ2v) is 10.8. The highest BCUT2D eigenvalue weighted by atomic mass is 79.9. The molecule has 2 fully saturated rings. The number of hydrogen-bond donors (Lipinski definition) is 1. The summed E-state index contributed by atoms with van der Waals surface area (Å²) in [6.45, 7) is 2.07. The van der Waals surface area contributed by atoms with Crippen molar-refractivity contribution in [3.63, 3.8) is 0 Å². The van der Waals surface area contributed by atoms with Crippen molar-refractivity contribution in [2.24, 2.45) is 0 Å². The molecule has 1 amide bonds. The first-order chi connectivity index (χ1) is 15.1. The lowest BCUT2D eigenvalue weighted by molar-refractivity contribution is -0.949. The Morgan fingerprint density at radius 3 is 2.41 bits per heavy atom. The van der Waals surface area contributed by atoms with Gasteiger partial charge in [-0.05, 0) is 53.1 Å². The molecule has 1 N–H and O–H groups in total. The molecule has 2 atom stereocenters. The first-order valence-electron chi connectivity index (χ1n) is 11.6. The maximum Gasteiger partial charge on any atom is 0.414 e. The van der Waals surface area contributed by atoms with Gasteiger partial charge in [-0.15, -0.1) is 0 Å².